The summed E-state index contributed by atoms with van der Waals surface area (Å²) in [5.41, 5.74) is 7.26. The zero-order valence-corrected chi connectivity index (χ0v) is 10.5. The Balaban J connectivity index is 2.96. The molecule has 1 heterocycles. The normalized spacial score (nSPS) is 16.4. The van der Waals surface area contributed by atoms with E-state index in [-0.39, 0.29) is 6.04 Å². The van der Waals surface area contributed by atoms with E-state index in [0.29, 0.717) is 3.93 Å². The second kappa shape index (κ2) is 3.92. The standard InChI is InChI=1S/C8H12NS.Sn/c1-3-7-4-5-10-8(7)6(2)9;/h3-6H,9H2,1-2H3;. The van der Waals surface area contributed by atoms with Gasteiger partial charge in [0.15, 0.2) is 0 Å². The summed E-state index contributed by atoms with van der Waals surface area (Å²) < 4.78 is 0.689. The number of rotatable bonds is 2. The Morgan fingerprint density at radius 1 is 1.55 bits per heavy atom. The van der Waals surface area contributed by atoms with Gasteiger partial charge in [0.1, 0.15) is 0 Å². The van der Waals surface area contributed by atoms with Crippen LogP contribution in [0.2, 0.25) is 0 Å². The van der Waals surface area contributed by atoms with Gasteiger partial charge in [-0.3, -0.25) is 0 Å². The first-order valence-corrected chi connectivity index (χ1v) is 6.19. The van der Waals surface area contributed by atoms with Crippen molar-refractivity contribution in [2.45, 2.75) is 23.8 Å². The van der Waals surface area contributed by atoms with Gasteiger partial charge in [0.25, 0.3) is 0 Å². The first-order valence-electron chi connectivity index (χ1n) is 3.67. The summed E-state index contributed by atoms with van der Waals surface area (Å²) in [7, 11) is 0. The molecule has 1 aromatic heterocycles. The van der Waals surface area contributed by atoms with E-state index >= 15 is 0 Å². The van der Waals surface area contributed by atoms with E-state index in [9.17, 15) is 0 Å². The fourth-order valence-corrected chi connectivity index (χ4v) is 3.03. The number of hydrogen-bond donors (Lipinski definition) is 1. The molecule has 0 fully saturated rings. The molecule has 2 atom stereocenters. The van der Waals surface area contributed by atoms with Crippen molar-refractivity contribution in [2.24, 2.45) is 5.73 Å². The summed E-state index contributed by atoms with van der Waals surface area (Å²) >= 11 is 3.34. The van der Waals surface area contributed by atoms with Gasteiger partial charge in [0.05, 0.1) is 0 Å². The van der Waals surface area contributed by atoms with E-state index in [4.69, 9.17) is 5.73 Å². The van der Waals surface area contributed by atoms with Crippen LogP contribution < -0.4 is 5.73 Å². The molecule has 3 heteroatoms. The monoisotopic (exact) mass is 274 g/mol. The molecule has 2 unspecified atom stereocenters. The summed E-state index contributed by atoms with van der Waals surface area (Å²) in [6.45, 7) is 4.29. The molecule has 1 aromatic rings. The zero-order valence-electron chi connectivity index (χ0n) is 6.79. The van der Waals surface area contributed by atoms with Crippen LogP contribution in [0.25, 0.3) is 0 Å². The number of thiophene rings is 1. The van der Waals surface area contributed by atoms with E-state index in [1.165, 1.54) is 10.4 Å². The van der Waals surface area contributed by atoms with E-state index in [1.807, 2.05) is 6.92 Å². The summed E-state index contributed by atoms with van der Waals surface area (Å²) in [4.78, 5) is 1.36. The zero-order chi connectivity index (χ0) is 8.43. The molecular weight excluding hydrogens is 261 g/mol. The van der Waals surface area contributed by atoms with Crippen molar-refractivity contribution in [2.75, 3.05) is 0 Å². The molecule has 0 spiro atoms. The predicted molar refractivity (Wildman–Crippen MR) is 51.1 cm³/mol. The van der Waals surface area contributed by atoms with Crippen LogP contribution in [-0.2, 0) is 0 Å². The molecule has 0 aliphatic rings. The van der Waals surface area contributed by atoms with E-state index in [2.05, 4.69) is 18.4 Å². The Hall–Kier alpha value is 0.459. The van der Waals surface area contributed by atoms with Crippen molar-refractivity contribution in [1.29, 1.82) is 0 Å². The predicted octanol–water partition coefficient (Wildman–Crippen LogP) is 2.00. The van der Waals surface area contributed by atoms with Crippen LogP contribution in [0.1, 0.15) is 34.3 Å². The van der Waals surface area contributed by atoms with Crippen LogP contribution in [0, 0.1) is 0 Å². The van der Waals surface area contributed by atoms with Crippen molar-refractivity contribution >= 4 is 33.9 Å². The molecule has 0 saturated carbocycles. The first-order chi connectivity index (χ1) is 5.13. The van der Waals surface area contributed by atoms with Gasteiger partial charge >= 0.3 is 85.3 Å². The molecule has 11 heavy (non-hydrogen) atoms. The van der Waals surface area contributed by atoms with Crippen molar-refractivity contribution in [3.63, 3.8) is 0 Å². The first kappa shape index (κ1) is 9.55. The summed E-state index contributed by atoms with van der Waals surface area (Å²) in [6.07, 6.45) is 0. The summed E-state index contributed by atoms with van der Waals surface area (Å²) in [5, 5.41) is 2.13. The third-order valence-corrected chi connectivity index (χ3v) is 3.63. The summed E-state index contributed by atoms with van der Waals surface area (Å²) in [6, 6.07) is 2.40. The maximum atomic E-state index is 5.82. The minimum atomic E-state index is 0.202. The SMILES string of the molecule is CC(N)c1sccc1[CH](C)[Sn]. The Labute approximate surface area is 85.1 Å². The van der Waals surface area contributed by atoms with Gasteiger partial charge in [-0.2, -0.15) is 0 Å². The van der Waals surface area contributed by atoms with Gasteiger partial charge in [0.2, 0.25) is 0 Å². The molecule has 1 rings (SSSR count). The van der Waals surface area contributed by atoms with Crippen LogP contribution in [0.4, 0.5) is 0 Å². The Morgan fingerprint density at radius 3 is 2.55 bits per heavy atom. The van der Waals surface area contributed by atoms with E-state index < -0.39 is 0 Å². The number of nitrogens with two attached hydrogens (primary N) is 1. The van der Waals surface area contributed by atoms with Gasteiger partial charge in [-0.15, -0.1) is 0 Å². The Morgan fingerprint density at radius 2 is 2.18 bits per heavy atom. The molecule has 0 aliphatic heterocycles. The Kier molecular flexibility index (Phi) is 3.40. The van der Waals surface area contributed by atoms with Gasteiger partial charge in [-0.1, -0.05) is 0 Å². The van der Waals surface area contributed by atoms with Crippen LogP contribution in [-0.4, -0.2) is 22.5 Å². The van der Waals surface area contributed by atoms with E-state index in [1.54, 1.807) is 33.9 Å². The average Bonchev–Trinajstić information content (AvgIpc) is 2.32. The Bertz CT molecular complexity index is 207. The minimum absolute atomic E-state index is 0.202. The van der Waals surface area contributed by atoms with E-state index in [0.717, 1.165) is 0 Å². The van der Waals surface area contributed by atoms with Crippen LogP contribution in [0.5, 0.6) is 0 Å². The fraction of sp³-hybridized carbons (Fsp3) is 0.500. The topological polar surface area (TPSA) is 26.0 Å². The second-order valence-corrected chi connectivity index (χ2v) is 6.17. The fourth-order valence-electron chi connectivity index (χ4n) is 1.06. The molecule has 3 radical (unpaired) electrons. The molecule has 0 saturated heterocycles. The van der Waals surface area contributed by atoms with Crippen LogP contribution in [0.3, 0.4) is 0 Å². The van der Waals surface area contributed by atoms with Crippen molar-refractivity contribution in [3.8, 4) is 0 Å². The van der Waals surface area contributed by atoms with Gasteiger partial charge in [-0.25, -0.2) is 0 Å². The third-order valence-electron chi connectivity index (χ3n) is 1.61. The van der Waals surface area contributed by atoms with Crippen molar-refractivity contribution in [3.05, 3.63) is 21.9 Å². The molecule has 1 nitrogen and oxygen atoms in total. The average molecular weight is 273 g/mol. The van der Waals surface area contributed by atoms with Crippen molar-refractivity contribution in [1.82, 2.24) is 0 Å². The maximum absolute atomic E-state index is 5.82. The van der Waals surface area contributed by atoms with Gasteiger partial charge in [0, 0.05) is 0 Å². The molecule has 2 N–H and O–H groups in total. The van der Waals surface area contributed by atoms with Gasteiger partial charge < -0.3 is 0 Å². The molecular formula is C8H12NSSn. The second-order valence-electron chi connectivity index (χ2n) is 2.75. The third kappa shape index (κ3) is 2.20. The molecule has 0 bridgehead atoms. The quantitative estimate of drug-likeness (QED) is 0.819. The molecule has 0 amide bonds. The van der Waals surface area contributed by atoms with Crippen molar-refractivity contribution < 1.29 is 0 Å². The number of hydrogen-bond acceptors (Lipinski definition) is 2. The molecule has 0 aromatic carbocycles. The van der Waals surface area contributed by atoms with Gasteiger partial charge in [-0.05, 0) is 0 Å². The molecule has 59 valence electrons. The van der Waals surface area contributed by atoms with Crippen LogP contribution in [0.15, 0.2) is 11.4 Å². The summed E-state index contributed by atoms with van der Waals surface area (Å²) in [5.74, 6) is 0. The molecule has 0 aliphatic carbocycles. The van der Waals surface area contributed by atoms with Crippen LogP contribution >= 0.6 is 11.3 Å².